The van der Waals surface area contributed by atoms with Gasteiger partial charge in [-0.05, 0) is 20.3 Å². The van der Waals surface area contributed by atoms with Gasteiger partial charge in [-0.25, -0.2) is 9.97 Å². The summed E-state index contributed by atoms with van der Waals surface area (Å²) in [6.45, 7) is 11.9. The second-order valence-corrected chi connectivity index (χ2v) is 6.11. The molecule has 0 N–H and O–H groups in total. The van der Waals surface area contributed by atoms with Crippen LogP contribution in [-0.2, 0) is 5.88 Å². The number of rotatable bonds is 8. The van der Waals surface area contributed by atoms with Crippen molar-refractivity contribution >= 4 is 17.3 Å². The highest BCUT2D eigenvalue weighted by Gasteiger charge is 2.17. The maximum absolute atomic E-state index is 6.10. The molecule has 0 unspecified atom stereocenters. The number of unbranched alkanes of at least 4 members (excludes halogenated alkanes) is 2. The van der Waals surface area contributed by atoms with Crippen LogP contribution in [0.1, 0.15) is 71.3 Å². The maximum atomic E-state index is 6.10. The normalized spacial score (nSPS) is 11.4. The molecule has 114 valence electrons. The van der Waals surface area contributed by atoms with Gasteiger partial charge >= 0.3 is 0 Å². The minimum atomic E-state index is 0.332. The standard InChI is InChI=1S/C16H28ClN3/c1-6-7-8-9-20(13(4)5)15-11-18-16(12(2)3)19-14(15)10-17/h11-13H,6-10H2,1-5H3. The van der Waals surface area contributed by atoms with Crippen LogP contribution in [0.5, 0.6) is 0 Å². The number of anilines is 1. The summed E-state index contributed by atoms with van der Waals surface area (Å²) in [5, 5.41) is 0. The monoisotopic (exact) mass is 297 g/mol. The molecule has 0 aromatic carbocycles. The van der Waals surface area contributed by atoms with Crippen LogP contribution in [0.4, 0.5) is 5.69 Å². The molecule has 1 aromatic heterocycles. The summed E-state index contributed by atoms with van der Waals surface area (Å²) in [6, 6.07) is 0.433. The van der Waals surface area contributed by atoms with E-state index >= 15 is 0 Å². The van der Waals surface area contributed by atoms with E-state index in [9.17, 15) is 0 Å². The Labute approximate surface area is 128 Å². The van der Waals surface area contributed by atoms with Gasteiger partial charge in [0.15, 0.2) is 0 Å². The third-order valence-electron chi connectivity index (χ3n) is 3.44. The predicted molar refractivity (Wildman–Crippen MR) is 87.7 cm³/mol. The number of hydrogen-bond donors (Lipinski definition) is 0. The van der Waals surface area contributed by atoms with Crippen LogP contribution in [0.15, 0.2) is 6.20 Å². The molecule has 0 aliphatic rings. The highest BCUT2D eigenvalue weighted by Crippen LogP contribution is 2.24. The van der Waals surface area contributed by atoms with Crippen molar-refractivity contribution in [1.82, 2.24) is 9.97 Å². The topological polar surface area (TPSA) is 29.0 Å². The minimum absolute atomic E-state index is 0.332. The molecule has 0 fully saturated rings. The predicted octanol–water partition coefficient (Wildman–Crippen LogP) is 4.74. The zero-order valence-corrected chi connectivity index (χ0v) is 14.2. The number of hydrogen-bond acceptors (Lipinski definition) is 3. The fraction of sp³-hybridized carbons (Fsp3) is 0.750. The van der Waals surface area contributed by atoms with Crippen LogP contribution in [0.3, 0.4) is 0 Å². The van der Waals surface area contributed by atoms with Crippen molar-refractivity contribution in [1.29, 1.82) is 0 Å². The van der Waals surface area contributed by atoms with E-state index in [2.05, 4.69) is 49.5 Å². The molecular formula is C16H28ClN3. The average Bonchev–Trinajstić information content (AvgIpc) is 2.42. The van der Waals surface area contributed by atoms with Gasteiger partial charge in [-0.3, -0.25) is 0 Å². The van der Waals surface area contributed by atoms with Crippen molar-refractivity contribution in [2.75, 3.05) is 11.4 Å². The molecule has 0 aliphatic heterocycles. The number of aromatic nitrogens is 2. The molecule has 0 bridgehead atoms. The Bertz CT molecular complexity index is 405. The zero-order chi connectivity index (χ0) is 15.1. The van der Waals surface area contributed by atoms with Crippen molar-refractivity contribution in [3.63, 3.8) is 0 Å². The Hall–Kier alpha value is -0.830. The van der Waals surface area contributed by atoms with Crippen LogP contribution in [0.2, 0.25) is 0 Å². The molecule has 1 heterocycles. The fourth-order valence-corrected chi connectivity index (χ4v) is 2.43. The van der Waals surface area contributed by atoms with Gasteiger partial charge in [-0.1, -0.05) is 33.6 Å². The van der Waals surface area contributed by atoms with E-state index in [1.54, 1.807) is 0 Å². The molecule has 0 saturated heterocycles. The summed E-state index contributed by atoms with van der Waals surface area (Å²) in [7, 11) is 0. The molecule has 0 spiro atoms. The number of halogens is 1. The number of alkyl halides is 1. The highest BCUT2D eigenvalue weighted by molar-refractivity contribution is 6.17. The van der Waals surface area contributed by atoms with Crippen LogP contribution < -0.4 is 4.90 Å². The van der Waals surface area contributed by atoms with E-state index in [1.165, 1.54) is 19.3 Å². The van der Waals surface area contributed by atoms with Gasteiger partial charge in [-0.15, -0.1) is 11.6 Å². The third-order valence-corrected chi connectivity index (χ3v) is 3.70. The molecule has 0 atom stereocenters. The first-order valence-electron chi connectivity index (χ1n) is 7.69. The highest BCUT2D eigenvalue weighted by atomic mass is 35.5. The van der Waals surface area contributed by atoms with Crippen LogP contribution in [0.25, 0.3) is 0 Å². The summed E-state index contributed by atoms with van der Waals surface area (Å²) < 4.78 is 0. The van der Waals surface area contributed by atoms with Crippen molar-refractivity contribution in [2.45, 2.75) is 71.7 Å². The Morgan fingerprint density at radius 2 is 1.90 bits per heavy atom. The lowest BCUT2D eigenvalue weighted by Gasteiger charge is -2.30. The molecule has 0 amide bonds. The van der Waals surface area contributed by atoms with Crippen LogP contribution in [0, 0.1) is 0 Å². The van der Waals surface area contributed by atoms with Crippen LogP contribution >= 0.6 is 11.6 Å². The van der Waals surface area contributed by atoms with Crippen LogP contribution in [-0.4, -0.2) is 22.6 Å². The Morgan fingerprint density at radius 1 is 1.20 bits per heavy atom. The summed E-state index contributed by atoms with van der Waals surface area (Å²) >= 11 is 6.10. The van der Waals surface area contributed by atoms with Crippen molar-refractivity contribution in [3.8, 4) is 0 Å². The van der Waals surface area contributed by atoms with Crippen molar-refractivity contribution in [2.24, 2.45) is 0 Å². The molecule has 1 aromatic rings. The molecule has 4 heteroatoms. The molecule has 1 rings (SSSR count). The van der Waals surface area contributed by atoms with E-state index in [1.807, 2.05) is 6.20 Å². The Kier molecular flexibility index (Phi) is 7.28. The van der Waals surface area contributed by atoms with Crippen molar-refractivity contribution in [3.05, 3.63) is 17.7 Å². The fourth-order valence-electron chi connectivity index (χ4n) is 2.23. The largest absolute Gasteiger partial charge is 0.366 e. The first-order chi connectivity index (χ1) is 9.51. The SMILES string of the molecule is CCCCCN(c1cnc(C(C)C)nc1CCl)C(C)C. The smallest absolute Gasteiger partial charge is 0.131 e. The van der Waals surface area contributed by atoms with E-state index in [4.69, 9.17) is 11.6 Å². The second-order valence-electron chi connectivity index (χ2n) is 5.84. The van der Waals surface area contributed by atoms with E-state index in [-0.39, 0.29) is 0 Å². The van der Waals surface area contributed by atoms with Gasteiger partial charge in [0.1, 0.15) is 5.82 Å². The lowest BCUT2D eigenvalue weighted by Crippen LogP contribution is -2.33. The lowest BCUT2D eigenvalue weighted by molar-refractivity contribution is 0.620. The van der Waals surface area contributed by atoms with Crippen molar-refractivity contribution < 1.29 is 0 Å². The number of nitrogens with zero attached hydrogens (tertiary/aromatic N) is 3. The maximum Gasteiger partial charge on any atom is 0.131 e. The first-order valence-corrected chi connectivity index (χ1v) is 8.23. The zero-order valence-electron chi connectivity index (χ0n) is 13.5. The lowest BCUT2D eigenvalue weighted by atomic mass is 10.1. The summed E-state index contributed by atoms with van der Waals surface area (Å²) in [6.07, 6.45) is 5.63. The van der Waals surface area contributed by atoms with Gasteiger partial charge < -0.3 is 4.90 Å². The quantitative estimate of drug-likeness (QED) is 0.512. The molecule has 0 saturated carbocycles. The molecule has 20 heavy (non-hydrogen) atoms. The molecule has 3 nitrogen and oxygen atoms in total. The van der Waals surface area contributed by atoms with E-state index in [0.717, 1.165) is 23.8 Å². The Morgan fingerprint density at radius 3 is 2.40 bits per heavy atom. The van der Waals surface area contributed by atoms with Gasteiger partial charge in [0.05, 0.1) is 23.5 Å². The third kappa shape index (κ3) is 4.62. The molecular weight excluding hydrogens is 270 g/mol. The first kappa shape index (κ1) is 17.2. The van der Waals surface area contributed by atoms with Gasteiger partial charge in [0.25, 0.3) is 0 Å². The van der Waals surface area contributed by atoms with Gasteiger partial charge in [0.2, 0.25) is 0 Å². The van der Waals surface area contributed by atoms with Gasteiger partial charge in [0, 0.05) is 18.5 Å². The summed E-state index contributed by atoms with van der Waals surface area (Å²) in [5.41, 5.74) is 2.05. The second kappa shape index (κ2) is 8.46. The van der Waals surface area contributed by atoms with E-state index in [0.29, 0.717) is 17.8 Å². The van der Waals surface area contributed by atoms with E-state index < -0.39 is 0 Å². The minimum Gasteiger partial charge on any atom is -0.366 e. The average molecular weight is 298 g/mol. The summed E-state index contributed by atoms with van der Waals surface area (Å²) in [4.78, 5) is 11.5. The Balaban J connectivity index is 3.00. The molecule has 0 radical (unpaired) electrons. The molecule has 0 aliphatic carbocycles. The van der Waals surface area contributed by atoms with Gasteiger partial charge in [-0.2, -0.15) is 0 Å². The summed E-state index contributed by atoms with van der Waals surface area (Å²) in [5.74, 6) is 1.65.